The van der Waals surface area contributed by atoms with Crippen LogP contribution in [0.25, 0.3) is 0 Å². The van der Waals surface area contributed by atoms with Crippen LogP contribution in [0.3, 0.4) is 0 Å². The van der Waals surface area contributed by atoms with Crippen LogP contribution in [0.5, 0.6) is 0 Å². The van der Waals surface area contributed by atoms with Gasteiger partial charge in [0.2, 0.25) is 0 Å². The van der Waals surface area contributed by atoms with Crippen LogP contribution in [-0.2, 0) is 0 Å². The van der Waals surface area contributed by atoms with Crippen LogP contribution in [0, 0.1) is 0 Å². The minimum atomic E-state index is 1.04. The third-order valence-electron chi connectivity index (χ3n) is 1.67. The van der Waals surface area contributed by atoms with Crippen LogP contribution >= 0.6 is 0 Å². The van der Waals surface area contributed by atoms with E-state index < -0.39 is 0 Å². The molecule has 0 rings (SSSR count). The molecule has 64 valence electrons. The summed E-state index contributed by atoms with van der Waals surface area (Å²) < 4.78 is 1.04. The molecule has 0 fully saturated rings. The van der Waals surface area contributed by atoms with Gasteiger partial charge in [-0.05, 0) is 26.0 Å². The molecular formula is C10H20N+. The first kappa shape index (κ1) is 10.4. The zero-order valence-corrected chi connectivity index (χ0v) is 8.17. The summed E-state index contributed by atoms with van der Waals surface area (Å²) in [5.74, 6) is 0. The standard InChI is InChI=1S/C10H20N/c1-5-7-9-11(3,4)10-8-6-2/h5-8H,9-10H2,1-4H3/q+1. The molecule has 0 radical (unpaired) electrons. The second-order valence-electron chi connectivity index (χ2n) is 3.44. The van der Waals surface area contributed by atoms with Gasteiger partial charge < -0.3 is 4.48 Å². The number of quaternary nitrogens is 1. The summed E-state index contributed by atoms with van der Waals surface area (Å²) in [7, 11) is 4.47. The largest absolute Gasteiger partial charge is 0.322 e. The molecule has 1 heteroatoms. The normalized spacial score (nSPS) is 13.5. The van der Waals surface area contributed by atoms with E-state index in [0.29, 0.717) is 0 Å². The van der Waals surface area contributed by atoms with Crippen molar-refractivity contribution in [3.05, 3.63) is 24.3 Å². The Kier molecular flexibility index (Phi) is 4.88. The number of hydrogen-bond donors (Lipinski definition) is 0. The van der Waals surface area contributed by atoms with Crippen molar-refractivity contribution in [3.8, 4) is 0 Å². The molecule has 0 amide bonds. The molecule has 1 nitrogen and oxygen atoms in total. The van der Waals surface area contributed by atoms with Crippen LogP contribution in [0.4, 0.5) is 0 Å². The smallest absolute Gasteiger partial charge is 0.0971 e. The van der Waals surface area contributed by atoms with Crippen LogP contribution in [0.2, 0.25) is 0 Å². The van der Waals surface area contributed by atoms with Gasteiger partial charge in [-0.25, -0.2) is 0 Å². The van der Waals surface area contributed by atoms with E-state index in [1.165, 1.54) is 0 Å². The first-order valence-corrected chi connectivity index (χ1v) is 4.16. The van der Waals surface area contributed by atoms with Gasteiger partial charge in [-0.3, -0.25) is 0 Å². The highest BCUT2D eigenvalue weighted by Crippen LogP contribution is 1.97. The molecule has 0 aromatic carbocycles. The Morgan fingerprint density at radius 1 is 0.909 bits per heavy atom. The van der Waals surface area contributed by atoms with Crippen molar-refractivity contribution in [2.45, 2.75) is 13.8 Å². The van der Waals surface area contributed by atoms with Crippen molar-refractivity contribution in [1.29, 1.82) is 0 Å². The quantitative estimate of drug-likeness (QED) is 0.430. The molecule has 0 bridgehead atoms. The summed E-state index contributed by atoms with van der Waals surface area (Å²) in [6, 6.07) is 0. The van der Waals surface area contributed by atoms with Crippen molar-refractivity contribution in [2.24, 2.45) is 0 Å². The topological polar surface area (TPSA) is 0 Å². The Morgan fingerprint density at radius 3 is 1.55 bits per heavy atom. The van der Waals surface area contributed by atoms with Crippen molar-refractivity contribution in [1.82, 2.24) is 0 Å². The lowest BCUT2D eigenvalue weighted by atomic mass is 10.4. The fraction of sp³-hybridized carbons (Fsp3) is 0.600. The maximum atomic E-state index is 2.24. The van der Waals surface area contributed by atoms with E-state index >= 15 is 0 Å². The highest BCUT2D eigenvalue weighted by Gasteiger charge is 2.08. The van der Waals surface area contributed by atoms with Gasteiger partial charge in [0.1, 0.15) is 0 Å². The summed E-state index contributed by atoms with van der Waals surface area (Å²) in [4.78, 5) is 0. The average Bonchev–Trinajstić information content (AvgIpc) is 1.97. The Bertz CT molecular complexity index is 127. The third-order valence-corrected chi connectivity index (χ3v) is 1.67. The molecule has 0 saturated carbocycles. The van der Waals surface area contributed by atoms with Crippen molar-refractivity contribution in [3.63, 3.8) is 0 Å². The molecule has 11 heavy (non-hydrogen) atoms. The van der Waals surface area contributed by atoms with Gasteiger partial charge in [-0.2, -0.15) is 0 Å². The zero-order chi connectivity index (χ0) is 8.74. The first-order chi connectivity index (χ1) is 5.12. The maximum absolute atomic E-state index is 2.24. The molecule has 0 aliphatic carbocycles. The van der Waals surface area contributed by atoms with E-state index in [2.05, 4.69) is 52.2 Å². The molecular weight excluding hydrogens is 134 g/mol. The van der Waals surface area contributed by atoms with Gasteiger partial charge >= 0.3 is 0 Å². The molecule has 0 saturated heterocycles. The minimum absolute atomic E-state index is 1.04. The lowest BCUT2D eigenvalue weighted by molar-refractivity contribution is -0.878. The van der Waals surface area contributed by atoms with E-state index in [-0.39, 0.29) is 0 Å². The molecule has 0 aromatic rings. The molecule has 0 aromatic heterocycles. The Labute approximate surface area is 70.6 Å². The molecule has 0 spiro atoms. The van der Waals surface area contributed by atoms with Gasteiger partial charge in [0.25, 0.3) is 0 Å². The molecule has 0 N–H and O–H groups in total. The van der Waals surface area contributed by atoms with Gasteiger partial charge in [0, 0.05) is 0 Å². The Morgan fingerprint density at radius 2 is 1.27 bits per heavy atom. The van der Waals surface area contributed by atoms with E-state index in [4.69, 9.17) is 0 Å². The highest BCUT2D eigenvalue weighted by molar-refractivity contribution is 4.79. The summed E-state index contributed by atoms with van der Waals surface area (Å²) >= 11 is 0. The van der Waals surface area contributed by atoms with Crippen molar-refractivity contribution < 1.29 is 4.48 Å². The third kappa shape index (κ3) is 5.86. The van der Waals surface area contributed by atoms with Gasteiger partial charge in [0.15, 0.2) is 0 Å². The van der Waals surface area contributed by atoms with Crippen molar-refractivity contribution >= 4 is 0 Å². The van der Waals surface area contributed by atoms with Crippen LogP contribution in [0.1, 0.15) is 13.8 Å². The Balaban J connectivity index is 3.78. The summed E-state index contributed by atoms with van der Waals surface area (Å²) in [6.45, 7) is 6.35. The molecule has 0 aliphatic rings. The summed E-state index contributed by atoms with van der Waals surface area (Å²) in [5.41, 5.74) is 0. The monoisotopic (exact) mass is 154 g/mol. The fourth-order valence-corrected chi connectivity index (χ4v) is 0.856. The summed E-state index contributed by atoms with van der Waals surface area (Å²) in [5, 5.41) is 0. The van der Waals surface area contributed by atoms with Gasteiger partial charge in [-0.1, -0.05) is 12.2 Å². The van der Waals surface area contributed by atoms with E-state index in [1.54, 1.807) is 0 Å². The molecule has 0 atom stereocenters. The van der Waals surface area contributed by atoms with Crippen LogP contribution in [-0.4, -0.2) is 31.7 Å². The van der Waals surface area contributed by atoms with E-state index in [9.17, 15) is 0 Å². The second kappa shape index (κ2) is 5.14. The lowest BCUT2D eigenvalue weighted by Gasteiger charge is -2.26. The van der Waals surface area contributed by atoms with Crippen molar-refractivity contribution in [2.75, 3.05) is 27.2 Å². The van der Waals surface area contributed by atoms with E-state index in [0.717, 1.165) is 17.6 Å². The number of hydrogen-bond acceptors (Lipinski definition) is 0. The summed E-state index contributed by atoms with van der Waals surface area (Å²) in [6.07, 6.45) is 8.64. The molecule has 0 aliphatic heterocycles. The van der Waals surface area contributed by atoms with Crippen LogP contribution in [0.15, 0.2) is 24.3 Å². The van der Waals surface area contributed by atoms with Gasteiger partial charge in [-0.15, -0.1) is 0 Å². The maximum Gasteiger partial charge on any atom is 0.0971 e. The number of rotatable bonds is 4. The fourth-order valence-electron chi connectivity index (χ4n) is 0.856. The average molecular weight is 154 g/mol. The number of nitrogens with zero attached hydrogens (tertiary/aromatic N) is 1. The van der Waals surface area contributed by atoms with E-state index in [1.807, 2.05) is 0 Å². The second-order valence-corrected chi connectivity index (χ2v) is 3.44. The zero-order valence-electron chi connectivity index (χ0n) is 8.17. The predicted molar refractivity (Wildman–Crippen MR) is 51.5 cm³/mol. The van der Waals surface area contributed by atoms with Gasteiger partial charge in [0.05, 0.1) is 27.2 Å². The SMILES string of the molecule is CC=CC[N+](C)(C)CC=CC. The Hall–Kier alpha value is -0.560. The van der Waals surface area contributed by atoms with Crippen LogP contribution < -0.4 is 0 Å². The lowest BCUT2D eigenvalue weighted by Crippen LogP contribution is -2.39. The highest BCUT2D eigenvalue weighted by atomic mass is 15.3. The number of allylic oxidation sites excluding steroid dienone is 2. The molecule has 0 unspecified atom stereocenters. The molecule has 0 heterocycles. The first-order valence-electron chi connectivity index (χ1n) is 4.16. The number of likely N-dealkylation sites (N-methyl/N-ethyl adjacent to an activating group) is 1. The predicted octanol–water partition coefficient (Wildman–Crippen LogP) is 2.21. The minimum Gasteiger partial charge on any atom is -0.322 e.